The third-order valence-electron chi connectivity index (χ3n) is 3.32. The average molecular weight is 298 g/mol. The third kappa shape index (κ3) is 2.51. The van der Waals surface area contributed by atoms with Crippen LogP contribution in [-0.4, -0.2) is 36.1 Å². The van der Waals surface area contributed by atoms with Gasteiger partial charge in [-0.05, 0) is 18.6 Å². The summed E-state index contributed by atoms with van der Waals surface area (Å²) >= 11 is 6.17. The number of carbonyl (C=O) groups is 2. The summed E-state index contributed by atoms with van der Waals surface area (Å²) in [6, 6.07) is 2.44. The second kappa shape index (κ2) is 5.58. The molecule has 1 aliphatic rings. The molecule has 4 N–H and O–H groups in total. The van der Waals surface area contributed by atoms with Gasteiger partial charge in [-0.1, -0.05) is 18.5 Å². The van der Waals surface area contributed by atoms with Gasteiger partial charge in [-0.3, -0.25) is 4.79 Å². The molecule has 7 heteroatoms. The molecule has 0 saturated carbocycles. The van der Waals surface area contributed by atoms with Gasteiger partial charge >= 0.3 is 5.97 Å². The van der Waals surface area contributed by atoms with Crippen molar-refractivity contribution >= 4 is 34.9 Å². The van der Waals surface area contributed by atoms with Crippen LogP contribution in [0.15, 0.2) is 12.1 Å². The second-order valence-electron chi connectivity index (χ2n) is 4.61. The van der Waals surface area contributed by atoms with Crippen molar-refractivity contribution in [3.8, 4) is 0 Å². The Labute approximate surface area is 121 Å². The van der Waals surface area contributed by atoms with Crippen LogP contribution in [0.4, 0.5) is 11.4 Å². The van der Waals surface area contributed by atoms with E-state index in [9.17, 15) is 14.7 Å². The van der Waals surface area contributed by atoms with Gasteiger partial charge in [-0.2, -0.15) is 0 Å². The van der Waals surface area contributed by atoms with E-state index in [-0.39, 0.29) is 22.2 Å². The summed E-state index contributed by atoms with van der Waals surface area (Å²) in [5.41, 5.74) is 6.30. The van der Waals surface area contributed by atoms with Crippen LogP contribution in [0.2, 0.25) is 5.02 Å². The molecule has 2 rings (SSSR count). The van der Waals surface area contributed by atoms with Gasteiger partial charge in [0.2, 0.25) is 5.91 Å². The lowest BCUT2D eigenvalue weighted by molar-refractivity contribution is -0.123. The highest BCUT2D eigenvalue weighted by Crippen LogP contribution is 2.34. The van der Waals surface area contributed by atoms with E-state index < -0.39 is 12.0 Å². The number of hydrogen-bond acceptors (Lipinski definition) is 4. The molecule has 0 aliphatic carbocycles. The summed E-state index contributed by atoms with van der Waals surface area (Å²) < 4.78 is 0. The van der Waals surface area contributed by atoms with E-state index in [0.29, 0.717) is 25.2 Å². The Balaban J connectivity index is 2.55. The molecule has 0 spiro atoms. The highest BCUT2D eigenvalue weighted by atomic mass is 35.5. The van der Waals surface area contributed by atoms with Gasteiger partial charge in [0.05, 0.1) is 16.3 Å². The lowest BCUT2D eigenvalue weighted by Gasteiger charge is -2.37. The minimum absolute atomic E-state index is 0.0168. The number of amides is 1. The quantitative estimate of drug-likeness (QED) is 0.732. The Bertz CT molecular complexity index is 562. The minimum Gasteiger partial charge on any atom is -0.478 e. The molecule has 1 heterocycles. The topological polar surface area (TPSA) is 95.7 Å². The van der Waals surface area contributed by atoms with Crippen molar-refractivity contribution in [3.05, 3.63) is 22.7 Å². The first-order valence-corrected chi connectivity index (χ1v) is 6.70. The first kappa shape index (κ1) is 14.5. The molecule has 1 aromatic carbocycles. The van der Waals surface area contributed by atoms with Gasteiger partial charge in [0.15, 0.2) is 0 Å². The molecule has 1 saturated heterocycles. The van der Waals surface area contributed by atoms with Crippen molar-refractivity contribution in [2.24, 2.45) is 0 Å². The van der Waals surface area contributed by atoms with E-state index in [1.54, 1.807) is 4.90 Å². The Hall–Kier alpha value is -1.95. The summed E-state index contributed by atoms with van der Waals surface area (Å²) in [4.78, 5) is 25.0. The number of rotatable bonds is 3. The number of nitrogen functional groups attached to an aromatic ring is 1. The van der Waals surface area contributed by atoms with Crippen molar-refractivity contribution in [2.45, 2.75) is 19.4 Å². The Kier molecular flexibility index (Phi) is 4.04. The van der Waals surface area contributed by atoms with Gasteiger partial charge in [0, 0.05) is 18.8 Å². The maximum Gasteiger partial charge on any atom is 0.337 e. The SMILES string of the molecule is CCC1C(=O)NCCN1c1c(Cl)cc(N)cc1C(=O)O. The monoisotopic (exact) mass is 297 g/mol. The third-order valence-corrected chi connectivity index (χ3v) is 3.61. The zero-order valence-corrected chi connectivity index (χ0v) is 11.8. The first-order chi connectivity index (χ1) is 9.45. The molecule has 1 aliphatic heterocycles. The van der Waals surface area contributed by atoms with Crippen LogP contribution >= 0.6 is 11.6 Å². The fourth-order valence-electron chi connectivity index (χ4n) is 2.46. The molecular weight excluding hydrogens is 282 g/mol. The Morgan fingerprint density at radius 2 is 2.30 bits per heavy atom. The fraction of sp³-hybridized carbons (Fsp3) is 0.385. The number of benzene rings is 1. The van der Waals surface area contributed by atoms with E-state index in [4.69, 9.17) is 17.3 Å². The van der Waals surface area contributed by atoms with Crippen LogP contribution < -0.4 is 16.0 Å². The summed E-state index contributed by atoms with van der Waals surface area (Å²) in [5.74, 6) is -1.24. The number of hydrogen-bond donors (Lipinski definition) is 3. The zero-order valence-electron chi connectivity index (χ0n) is 11.0. The van der Waals surface area contributed by atoms with Crippen molar-refractivity contribution in [2.75, 3.05) is 23.7 Å². The lowest BCUT2D eigenvalue weighted by atomic mass is 10.0. The molecule has 0 aromatic heterocycles. The van der Waals surface area contributed by atoms with E-state index in [1.807, 2.05) is 6.92 Å². The maximum atomic E-state index is 11.9. The molecule has 0 bridgehead atoms. The van der Waals surface area contributed by atoms with Gasteiger partial charge in [0.1, 0.15) is 6.04 Å². The molecular formula is C13H16ClN3O3. The molecule has 108 valence electrons. The summed E-state index contributed by atoms with van der Waals surface area (Å²) in [6.45, 7) is 2.83. The van der Waals surface area contributed by atoms with Crippen molar-refractivity contribution in [3.63, 3.8) is 0 Å². The Morgan fingerprint density at radius 1 is 1.60 bits per heavy atom. The van der Waals surface area contributed by atoms with Gasteiger partial charge in [-0.25, -0.2) is 4.79 Å². The molecule has 0 radical (unpaired) electrons. The zero-order chi connectivity index (χ0) is 14.9. The summed E-state index contributed by atoms with van der Waals surface area (Å²) in [6.07, 6.45) is 0.561. The van der Waals surface area contributed by atoms with Crippen LogP contribution in [0.25, 0.3) is 0 Å². The highest BCUT2D eigenvalue weighted by molar-refractivity contribution is 6.34. The molecule has 6 nitrogen and oxygen atoms in total. The predicted octanol–water partition coefficient (Wildman–Crippen LogP) is 1.34. The number of nitrogens with two attached hydrogens (primary N) is 1. The van der Waals surface area contributed by atoms with E-state index in [0.717, 1.165) is 0 Å². The largest absolute Gasteiger partial charge is 0.478 e. The normalized spacial score (nSPS) is 18.8. The summed E-state index contributed by atoms with van der Waals surface area (Å²) in [5, 5.41) is 12.3. The van der Waals surface area contributed by atoms with Gasteiger partial charge < -0.3 is 21.1 Å². The number of piperazine rings is 1. The molecule has 20 heavy (non-hydrogen) atoms. The maximum absolute atomic E-state index is 11.9. The number of anilines is 2. The van der Waals surface area contributed by atoms with Crippen molar-refractivity contribution < 1.29 is 14.7 Å². The number of nitrogens with one attached hydrogen (secondary N) is 1. The van der Waals surface area contributed by atoms with E-state index >= 15 is 0 Å². The van der Waals surface area contributed by atoms with Gasteiger partial charge in [0.25, 0.3) is 0 Å². The first-order valence-electron chi connectivity index (χ1n) is 6.32. The van der Waals surface area contributed by atoms with Crippen LogP contribution in [0.3, 0.4) is 0 Å². The predicted molar refractivity (Wildman–Crippen MR) is 77.3 cm³/mol. The van der Waals surface area contributed by atoms with E-state index in [2.05, 4.69) is 5.32 Å². The molecule has 1 fully saturated rings. The number of nitrogens with zero attached hydrogens (tertiary/aromatic N) is 1. The summed E-state index contributed by atoms with van der Waals surface area (Å²) in [7, 11) is 0. The number of aromatic carboxylic acids is 1. The highest BCUT2D eigenvalue weighted by Gasteiger charge is 2.32. The number of carboxylic acid groups (broad SMARTS) is 1. The minimum atomic E-state index is -1.12. The van der Waals surface area contributed by atoms with Crippen LogP contribution in [0.5, 0.6) is 0 Å². The molecule has 1 unspecified atom stereocenters. The Morgan fingerprint density at radius 3 is 2.90 bits per heavy atom. The standard InChI is InChI=1S/C13H16ClN3O3/c1-2-10-12(18)16-3-4-17(10)11-8(13(19)20)5-7(15)6-9(11)14/h5-6,10H,2-4,15H2,1H3,(H,16,18)(H,19,20). The van der Waals surface area contributed by atoms with Crippen LogP contribution in [0.1, 0.15) is 23.7 Å². The second-order valence-corrected chi connectivity index (χ2v) is 5.02. The number of carbonyl (C=O) groups excluding carboxylic acids is 1. The number of halogens is 1. The van der Waals surface area contributed by atoms with Crippen molar-refractivity contribution in [1.29, 1.82) is 0 Å². The fourth-order valence-corrected chi connectivity index (χ4v) is 2.80. The van der Waals surface area contributed by atoms with Gasteiger partial charge in [-0.15, -0.1) is 0 Å². The molecule has 1 amide bonds. The van der Waals surface area contributed by atoms with Crippen molar-refractivity contribution in [1.82, 2.24) is 5.32 Å². The molecule has 1 aromatic rings. The van der Waals surface area contributed by atoms with E-state index in [1.165, 1.54) is 12.1 Å². The van der Waals surface area contributed by atoms with Crippen LogP contribution in [0, 0.1) is 0 Å². The van der Waals surface area contributed by atoms with Crippen LogP contribution in [-0.2, 0) is 4.79 Å². The average Bonchev–Trinajstić information content (AvgIpc) is 2.37. The lowest BCUT2D eigenvalue weighted by Crippen LogP contribution is -2.55. The number of carboxylic acids is 1. The smallest absolute Gasteiger partial charge is 0.337 e. The molecule has 1 atom stereocenters.